The summed E-state index contributed by atoms with van der Waals surface area (Å²) in [6.45, 7) is 5.44. The quantitative estimate of drug-likeness (QED) is 0.799. The van der Waals surface area contributed by atoms with Crippen molar-refractivity contribution in [2.24, 2.45) is 5.92 Å². The fourth-order valence-corrected chi connectivity index (χ4v) is 3.05. The highest BCUT2D eigenvalue weighted by molar-refractivity contribution is 5.76. The van der Waals surface area contributed by atoms with Gasteiger partial charge in [0, 0.05) is 32.7 Å². The molecule has 2 fully saturated rings. The molecule has 0 bridgehead atoms. The molecule has 2 rings (SSSR count). The number of nitrogens with zero attached hydrogens (tertiary/aromatic N) is 2. The number of rotatable bonds is 5. The van der Waals surface area contributed by atoms with Crippen molar-refractivity contribution in [3.05, 3.63) is 0 Å². The van der Waals surface area contributed by atoms with Crippen LogP contribution < -0.4 is 0 Å². The minimum absolute atomic E-state index is 0.285. The molecule has 1 N–H and O–H groups in total. The van der Waals surface area contributed by atoms with E-state index in [9.17, 15) is 4.79 Å². The van der Waals surface area contributed by atoms with Gasteiger partial charge >= 0.3 is 0 Å². The molecule has 18 heavy (non-hydrogen) atoms. The standard InChI is InChI=1S/C14H26N2O2/c17-11-3-6-15-9-4-13(5-10-15)12-14(18)16-7-1-2-8-16/h13,17H,1-12H2. The molecule has 4 nitrogen and oxygen atoms in total. The number of likely N-dealkylation sites (tertiary alicyclic amines) is 2. The number of hydrogen-bond donors (Lipinski definition) is 1. The molecule has 0 aromatic heterocycles. The summed E-state index contributed by atoms with van der Waals surface area (Å²) in [6, 6.07) is 0. The van der Waals surface area contributed by atoms with E-state index in [-0.39, 0.29) is 6.61 Å². The first-order valence-electron chi connectivity index (χ1n) is 7.40. The first kappa shape index (κ1) is 13.8. The number of carbonyl (C=O) groups excluding carboxylic acids is 1. The van der Waals surface area contributed by atoms with Crippen molar-refractivity contribution < 1.29 is 9.90 Å². The predicted octanol–water partition coefficient (Wildman–Crippen LogP) is 1.09. The topological polar surface area (TPSA) is 43.8 Å². The fraction of sp³-hybridized carbons (Fsp3) is 0.929. The molecule has 0 aliphatic carbocycles. The Hall–Kier alpha value is -0.610. The number of piperidine rings is 1. The van der Waals surface area contributed by atoms with E-state index in [4.69, 9.17) is 5.11 Å². The Bertz CT molecular complexity index is 257. The third-order valence-corrected chi connectivity index (χ3v) is 4.26. The van der Waals surface area contributed by atoms with Crippen molar-refractivity contribution >= 4 is 5.91 Å². The maximum absolute atomic E-state index is 12.0. The van der Waals surface area contributed by atoms with Gasteiger partial charge in [-0.2, -0.15) is 0 Å². The molecule has 0 aromatic rings. The van der Waals surface area contributed by atoms with Gasteiger partial charge < -0.3 is 14.9 Å². The minimum atomic E-state index is 0.285. The smallest absolute Gasteiger partial charge is 0.222 e. The zero-order chi connectivity index (χ0) is 12.8. The van der Waals surface area contributed by atoms with Crippen molar-refractivity contribution in [2.45, 2.75) is 38.5 Å². The Morgan fingerprint density at radius 3 is 2.39 bits per heavy atom. The summed E-state index contributed by atoms with van der Waals surface area (Å²) < 4.78 is 0. The van der Waals surface area contributed by atoms with Gasteiger partial charge in [-0.15, -0.1) is 0 Å². The average molecular weight is 254 g/mol. The SMILES string of the molecule is O=C(CC1CCN(CCCO)CC1)N1CCCC1. The van der Waals surface area contributed by atoms with Gasteiger partial charge in [0.15, 0.2) is 0 Å². The highest BCUT2D eigenvalue weighted by Crippen LogP contribution is 2.22. The van der Waals surface area contributed by atoms with E-state index in [0.717, 1.165) is 58.4 Å². The van der Waals surface area contributed by atoms with Gasteiger partial charge in [-0.05, 0) is 51.1 Å². The lowest BCUT2D eigenvalue weighted by atomic mass is 9.93. The van der Waals surface area contributed by atoms with Crippen LogP contribution in [0.15, 0.2) is 0 Å². The summed E-state index contributed by atoms with van der Waals surface area (Å²) in [5.41, 5.74) is 0. The molecule has 0 spiro atoms. The summed E-state index contributed by atoms with van der Waals surface area (Å²) >= 11 is 0. The molecule has 0 unspecified atom stereocenters. The normalized spacial score (nSPS) is 22.6. The van der Waals surface area contributed by atoms with E-state index in [1.165, 1.54) is 12.8 Å². The fourth-order valence-electron chi connectivity index (χ4n) is 3.05. The van der Waals surface area contributed by atoms with Crippen LogP contribution in [0.2, 0.25) is 0 Å². The monoisotopic (exact) mass is 254 g/mol. The van der Waals surface area contributed by atoms with E-state index in [1.807, 2.05) is 4.90 Å². The van der Waals surface area contributed by atoms with E-state index in [2.05, 4.69) is 4.90 Å². The summed E-state index contributed by atoms with van der Waals surface area (Å²) in [6.07, 6.45) is 6.29. The van der Waals surface area contributed by atoms with Gasteiger partial charge in [-0.3, -0.25) is 4.79 Å². The molecule has 104 valence electrons. The van der Waals surface area contributed by atoms with Crippen LogP contribution in [0, 0.1) is 5.92 Å². The highest BCUT2D eigenvalue weighted by Gasteiger charge is 2.24. The Kier molecular flexibility index (Phi) is 5.45. The second-order valence-electron chi connectivity index (χ2n) is 5.65. The number of hydrogen-bond acceptors (Lipinski definition) is 3. The molecule has 0 radical (unpaired) electrons. The molecule has 2 saturated heterocycles. The second-order valence-corrected chi connectivity index (χ2v) is 5.65. The van der Waals surface area contributed by atoms with Crippen molar-refractivity contribution in [3.63, 3.8) is 0 Å². The van der Waals surface area contributed by atoms with Gasteiger partial charge in [0.2, 0.25) is 5.91 Å². The molecule has 2 heterocycles. The lowest BCUT2D eigenvalue weighted by molar-refractivity contribution is -0.131. The summed E-state index contributed by atoms with van der Waals surface area (Å²) in [4.78, 5) is 16.5. The van der Waals surface area contributed by atoms with Gasteiger partial charge in [0.1, 0.15) is 0 Å². The zero-order valence-electron chi connectivity index (χ0n) is 11.3. The molecule has 4 heteroatoms. The Morgan fingerprint density at radius 2 is 1.78 bits per heavy atom. The molecular weight excluding hydrogens is 228 g/mol. The van der Waals surface area contributed by atoms with Crippen LogP contribution in [0.1, 0.15) is 38.5 Å². The number of amides is 1. The molecule has 2 aliphatic rings. The van der Waals surface area contributed by atoms with E-state index in [0.29, 0.717) is 11.8 Å². The lowest BCUT2D eigenvalue weighted by Gasteiger charge is -2.32. The lowest BCUT2D eigenvalue weighted by Crippen LogP contribution is -2.37. The van der Waals surface area contributed by atoms with Crippen LogP contribution in [-0.4, -0.2) is 60.1 Å². The van der Waals surface area contributed by atoms with Crippen LogP contribution in [0.25, 0.3) is 0 Å². The maximum atomic E-state index is 12.0. The van der Waals surface area contributed by atoms with Crippen LogP contribution in [-0.2, 0) is 4.79 Å². The van der Waals surface area contributed by atoms with Gasteiger partial charge in [-0.25, -0.2) is 0 Å². The summed E-state index contributed by atoms with van der Waals surface area (Å²) in [5, 5.41) is 8.81. The van der Waals surface area contributed by atoms with Crippen molar-refractivity contribution in [2.75, 3.05) is 39.3 Å². The van der Waals surface area contributed by atoms with E-state index in [1.54, 1.807) is 0 Å². The molecule has 1 amide bonds. The van der Waals surface area contributed by atoms with Crippen LogP contribution in [0.5, 0.6) is 0 Å². The minimum Gasteiger partial charge on any atom is -0.396 e. The Balaban J connectivity index is 1.65. The van der Waals surface area contributed by atoms with E-state index >= 15 is 0 Å². The van der Waals surface area contributed by atoms with Gasteiger partial charge in [0.05, 0.1) is 0 Å². The number of aliphatic hydroxyl groups excluding tert-OH is 1. The van der Waals surface area contributed by atoms with E-state index < -0.39 is 0 Å². The molecular formula is C14H26N2O2. The Labute approximate surface area is 110 Å². The van der Waals surface area contributed by atoms with Crippen molar-refractivity contribution in [1.29, 1.82) is 0 Å². The van der Waals surface area contributed by atoms with Crippen LogP contribution >= 0.6 is 0 Å². The third kappa shape index (κ3) is 3.95. The van der Waals surface area contributed by atoms with Crippen molar-refractivity contribution in [1.82, 2.24) is 9.80 Å². The average Bonchev–Trinajstić information content (AvgIpc) is 2.92. The first-order chi connectivity index (χ1) is 8.79. The molecule has 0 saturated carbocycles. The largest absolute Gasteiger partial charge is 0.396 e. The molecule has 0 atom stereocenters. The number of aliphatic hydroxyl groups is 1. The van der Waals surface area contributed by atoms with Crippen LogP contribution in [0.4, 0.5) is 0 Å². The Morgan fingerprint density at radius 1 is 1.11 bits per heavy atom. The van der Waals surface area contributed by atoms with Gasteiger partial charge in [-0.1, -0.05) is 0 Å². The van der Waals surface area contributed by atoms with Crippen LogP contribution in [0.3, 0.4) is 0 Å². The molecule has 0 aromatic carbocycles. The summed E-state index contributed by atoms with van der Waals surface area (Å²) in [7, 11) is 0. The first-order valence-corrected chi connectivity index (χ1v) is 7.40. The van der Waals surface area contributed by atoms with Gasteiger partial charge in [0.25, 0.3) is 0 Å². The van der Waals surface area contributed by atoms with Crippen molar-refractivity contribution in [3.8, 4) is 0 Å². The summed E-state index contributed by atoms with van der Waals surface area (Å²) in [5.74, 6) is 0.963. The molecule has 2 aliphatic heterocycles. The third-order valence-electron chi connectivity index (χ3n) is 4.26. The maximum Gasteiger partial charge on any atom is 0.222 e. The second kappa shape index (κ2) is 7.10. The predicted molar refractivity (Wildman–Crippen MR) is 71.3 cm³/mol. The highest BCUT2D eigenvalue weighted by atomic mass is 16.3. The number of carbonyl (C=O) groups is 1. The zero-order valence-corrected chi connectivity index (χ0v) is 11.3.